The van der Waals surface area contributed by atoms with Gasteiger partial charge in [0.2, 0.25) is 0 Å². The van der Waals surface area contributed by atoms with Crippen LogP contribution < -0.4 is 5.56 Å². The molecule has 100 valence electrons. The molecule has 1 N–H and O–H groups in total. The van der Waals surface area contributed by atoms with Gasteiger partial charge < -0.3 is 9.67 Å². The van der Waals surface area contributed by atoms with Crippen LogP contribution in [0.1, 0.15) is 50.8 Å². The van der Waals surface area contributed by atoms with E-state index in [1.807, 2.05) is 19.9 Å². The number of nitrogens with zero attached hydrogens (tertiary/aromatic N) is 1. The Bertz CT molecular complexity index is 474. The van der Waals surface area contributed by atoms with E-state index in [4.69, 9.17) is 5.11 Å². The van der Waals surface area contributed by atoms with E-state index in [2.05, 4.69) is 6.92 Å². The Kier molecular flexibility index (Phi) is 5.13. The van der Waals surface area contributed by atoms with Gasteiger partial charge in [0, 0.05) is 17.8 Å². The summed E-state index contributed by atoms with van der Waals surface area (Å²) in [5, 5.41) is 8.79. The Morgan fingerprint density at radius 3 is 2.56 bits per heavy atom. The summed E-state index contributed by atoms with van der Waals surface area (Å²) in [5.41, 5.74) is 1.18. The van der Waals surface area contributed by atoms with Gasteiger partial charge in [0.25, 0.3) is 5.56 Å². The first-order valence-corrected chi connectivity index (χ1v) is 6.41. The third-order valence-corrected chi connectivity index (χ3v) is 2.96. The molecule has 0 radical (unpaired) electrons. The average Bonchev–Trinajstić information content (AvgIpc) is 2.29. The van der Waals surface area contributed by atoms with E-state index in [1.54, 1.807) is 10.6 Å². The number of hydrogen-bond donors (Lipinski definition) is 1. The van der Waals surface area contributed by atoms with Crippen molar-refractivity contribution in [3.05, 3.63) is 33.7 Å². The van der Waals surface area contributed by atoms with Gasteiger partial charge >= 0.3 is 5.97 Å². The lowest BCUT2D eigenvalue weighted by atomic mass is 10.1. The van der Waals surface area contributed by atoms with Gasteiger partial charge in [0.15, 0.2) is 0 Å². The second-order valence-corrected chi connectivity index (χ2v) is 4.82. The molecular formula is C14H21NO3. The average molecular weight is 251 g/mol. The maximum absolute atomic E-state index is 12.2. The van der Waals surface area contributed by atoms with Crippen molar-refractivity contribution in [2.45, 2.75) is 52.5 Å². The fourth-order valence-corrected chi connectivity index (χ4v) is 1.99. The zero-order valence-electron chi connectivity index (χ0n) is 11.3. The van der Waals surface area contributed by atoms with Crippen LogP contribution in [0.4, 0.5) is 0 Å². The van der Waals surface area contributed by atoms with E-state index in [9.17, 15) is 9.59 Å². The van der Waals surface area contributed by atoms with Crippen molar-refractivity contribution in [2.24, 2.45) is 0 Å². The minimum atomic E-state index is -0.966. The van der Waals surface area contributed by atoms with Gasteiger partial charge in [-0.25, -0.2) is 0 Å². The number of aliphatic carboxylic acids is 1. The standard InChI is InChI=1S/C14H21NO3/c1-4-5-8-15-12(10(2)3)7-6-11(14(15)18)9-13(16)17/h6-7,10H,4-5,8-9H2,1-3H3,(H,16,17). The lowest BCUT2D eigenvalue weighted by Gasteiger charge is -2.16. The summed E-state index contributed by atoms with van der Waals surface area (Å²) in [6.07, 6.45) is 1.73. The molecule has 0 aliphatic heterocycles. The Morgan fingerprint density at radius 2 is 2.06 bits per heavy atom. The van der Waals surface area contributed by atoms with E-state index in [0.29, 0.717) is 12.1 Å². The normalized spacial score (nSPS) is 10.9. The maximum atomic E-state index is 12.2. The summed E-state index contributed by atoms with van der Waals surface area (Å²) < 4.78 is 1.73. The summed E-state index contributed by atoms with van der Waals surface area (Å²) in [6.45, 7) is 6.81. The van der Waals surface area contributed by atoms with E-state index in [0.717, 1.165) is 18.5 Å². The fraction of sp³-hybridized carbons (Fsp3) is 0.571. The zero-order chi connectivity index (χ0) is 13.7. The van der Waals surface area contributed by atoms with Crippen LogP contribution in [0.15, 0.2) is 16.9 Å². The molecule has 0 saturated heterocycles. The third kappa shape index (κ3) is 3.45. The number of aromatic nitrogens is 1. The van der Waals surface area contributed by atoms with E-state index < -0.39 is 5.97 Å². The van der Waals surface area contributed by atoms with Gasteiger partial charge in [-0.05, 0) is 18.4 Å². The van der Waals surface area contributed by atoms with Crippen LogP contribution in [0.2, 0.25) is 0 Å². The van der Waals surface area contributed by atoms with E-state index in [1.165, 1.54) is 0 Å². The van der Waals surface area contributed by atoms with Crippen LogP contribution >= 0.6 is 0 Å². The highest BCUT2D eigenvalue weighted by Crippen LogP contribution is 2.14. The quantitative estimate of drug-likeness (QED) is 0.844. The molecule has 4 nitrogen and oxygen atoms in total. The molecule has 0 atom stereocenters. The van der Waals surface area contributed by atoms with E-state index in [-0.39, 0.29) is 17.9 Å². The molecule has 0 aliphatic carbocycles. The zero-order valence-corrected chi connectivity index (χ0v) is 11.3. The minimum Gasteiger partial charge on any atom is -0.481 e. The molecule has 1 aromatic heterocycles. The molecule has 1 heterocycles. The summed E-state index contributed by atoms with van der Waals surface area (Å²) >= 11 is 0. The fourth-order valence-electron chi connectivity index (χ4n) is 1.99. The highest BCUT2D eigenvalue weighted by atomic mass is 16.4. The van der Waals surface area contributed by atoms with Crippen molar-refractivity contribution >= 4 is 5.97 Å². The van der Waals surface area contributed by atoms with Crippen LogP contribution in [0.5, 0.6) is 0 Å². The summed E-state index contributed by atoms with van der Waals surface area (Å²) in [7, 11) is 0. The SMILES string of the molecule is CCCCn1c(C(C)C)ccc(CC(=O)O)c1=O. The molecule has 1 rings (SSSR count). The number of pyridine rings is 1. The highest BCUT2D eigenvalue weighted by Gasteiger charge is 2.12. The largest absolute Gasteiger partial charge is 0.481 e. The minimum absolute atomic E-state index is 0.156. The molecular weight excluding hydrogens is 230 g/mol. The molecule has 0 bridgehead atoms. The lowest BCUT2D eigenvalue weighted by molar-refractivity contribution is -0.136. The Morgan fingerprint density at radius 1 is 1.39 bits per heavy atom. The van der Waals surface area contributed by atoms with Crippen molar-refractivity contribution < 1.29 is 9.90 Å². The van der Waals surface area contributed by atoms with Crippen molar-refractivity contribution in [3.63, 3.8) is 0 Å². The van der Waals surface area contributed by atoms with Gasteiger partial charge in [0.05, 0.1) is 6.42 Å². The molecule has 1 aromatic rings. The molecule has 0 spiro atoms. The van der Waals surface area contributed by atoms with Crippen LogP contribution in [0.3, 0.4) is 0 Å². The first kappa shape index (κ1) is 14.5. The number of carbonyl (C=O) groups is 1. The maximum Gasteiger partial charge on any atom is 0.308 e. The number of hydrogen-bond acceptors (Lipinski definition) is 2. The number of carboxylic acid groups (broad SMARTS) is 1. The second-order valence-electron chi connectivity index (χ2n) is 4.82. The lowest BCUT2D eigenvalue weighted by Crippen LogP contribution is -2.28. The molecule has 0 aromatic carbocycles. The van der Waals surface area contributed by atoms with Gasteiger partial charge in [-0.1, -0.05) is 33.3 Å². The van der Waals surface area contributed by atoms with Crippen LogP contribution in [0, 0.1) is 0 Å². The molecule has 4 heteroatoms. The highest BCUT2D eigenvalue weighted by molar-refractivity contribution is 5.69. The van der Waals surface area contributed by atoms with Crippen molar-refractivity contribution in [2.75, 3.05) is 0 Å². The Labute approximate surface area is 107 Å². The number of unbranched alkanes of at least 4 members (excludes halogenated alkanes) is 1. The van der Waals surface area contributed by atoms with Crippen molar-refractivity contribution in [1.82, 2.24) is 4.57 Å². The molecule has 0 unspecified atom stereocenters. The van der Waals surface area contributed by atoms with Gasteiger partial charge in [-0.3, -0.25) is 9.59 Å². The smallest absolute Gasteiger partial charge is 0.308 e. The van der Waals surface area contributed by atoms with Gasteiger partial charge in [-0.15, -0.1) is 0 Å². The van der Waals surface area contributed by atoms with Crippen LogP contribution in [0.25, 0.3) is 0 Å². The van der Waals surface area contributed by atoms with E-state index >= 15 is 0 Å². The topological polar surface area (TPSA) is 59.3 Å². The molecule has 0 amide bonds. The third-order valence-electron chi connectivity index (χ3n) is 2.96. The van der Waals surface area contributed by atoms with Crippen molar-refractivity contribution in [3.8, 4) is 0 Å². The summed E-state index contributed by atoms with van der Waals surface area (Å²) in [5.74, 6) is -0.708. The van der Waals surface area contributed by atoms with Crippen molar-refractivity contribution in [1.29, 1.82) is 0 Å². The van der Waals surface area contributed by atoms with Crippen LogP contribution in [-0.4, -0.2) is 15.6 Å². The first-order valence-electron chi connectivity index (χ1n) is 6.41. The molecule has 18 heavy (non-hydrogen) atoms. The molecule has 0 aliphatic rings. The summed E-state index contributed by atoms with van der Waals surface area (Å²) in [6, 6.07) is 3.52. The Balaban J connectivity index is 3.21. The first-order chi connectivity index (χ1) is 8.47. The van der Waals surface area contributed by atoms with Gasteiger partial charge in [-0.2, -0.15) is 0 Å². The predicted molar refractivity (Wildman–Crippen MR) is 71.0 cm³/mol. The monoisotopic (exact) mass is 251 g/mol. The number of rotatable bonds is 6. The molecule has 0 fully saturated rings. The van der Waals surface area contributed by atoms with Crippen LogP contribution in [-0.2, 0) is 17.8 Å². The van der Waals surface area contributed by atoms with Gasteiger partial charge in [0.1, 0.15) is 0 Å². The second kappa shape index (κ2) is 6.38. The Hall–Kier alpha value is -1.58. The predicted octanol–water partition coefficient (Wildman–Crippen LogP) is 2.40. The molecule has 0 saturated carbocycles. The summed E-state index contributed by atoms with van der Waals surface area (Å²) in [4.78, 5) is 23.0. The number of carboxylic acids is 1.